The van der Waals surface area contributed by atoms with Gasteiger partial charge in [-0.25, -0.2) is 0 Å². The topological polar surface area (TPSA) is 21.3 Å². The Bertz CT molecular complexity index is 396. The van der Waals surface area contributed by atoms with Crippen molar-refractivity contribution in [3.63, 3.8) is 0 Å². The van der Waals surface area contributed by atoms with E-state index < -0.39 is 0 Å². The van der Waals surface area contributed by atoms with Gasteiger partial charge < -0.3 is 10.1 Å². The second kappa shape index (κ2) is 4.93. The minimum atomic E-state index is 0.229. The highest BCUT2D eigenvalue weighted by Gasteiger charge is 2.37. The standard InChI is InChI=1S/C16H25NO/c1-5-18-14-8-6-13(7-9-14)16(4)10-15(2,3)11-17-12-16/h6-9,17H,5,10-12H2,1-4H3. The van der Waals surface area contributed by atoms with Gasteiger partial charge in [-0.1, -0.05) is 32.9 Å². The van der Waals surface area contributed by atoms with Gasteiger partial charge in [-0.15, -0.1) is 0 Å². The molecule has 1 aromatic rings. The van der Waals surface area contributed by atoms with Crippen molar-refractivity contribution in [3.05, 3.63) is 29.8 Å². The monoisotopic (exact) mass is 247 g/mol. The van der Waals surface area contributed by atoms with Crippen molar-refractivity contribution in [2.75, 3.05) is 19.7 Å². The molecule has 0 saturated carbocycles. The summed E-state index contributed by atoms with van der Waals surface area (Å²) in [5.74, 6) is 0.966. The zero-order valence-electron chi connectivity index (χ0n) is 12.0. The average Bonchev–Trinajstić information content (AvgIpc) is 2.28. The quantitative estimate of drug-likeness (QED) is 0.884. The second-order valence-electron chi connectivity index (χ2n) is 6.46. The predicted molar refractivity (Wildman–Crippen MR) is 76.2 cm³/mol. The Morgan fingerprint density at radius 1 is 1.11 bits per heavy atom. The van der Waals surface area contributed by atoms with Gasteiger partial charge in [0.1, 0.15) is 5.75 Å². The van der Waals surface area contributed by atoms with Crippen LogP contribution >= 0.6 is 0 Å². The Morgan fingerprint density at radius 2 is 1.78 bits per heavy atom. The summed E-state index contributed by atoms with van der Waals surface area (Å²) in [5, 5.41) is 3.57. The summed E-state index contributed by atoms with van der Waals surface area (Å²) >= 11 is 0. The maximum atomic E-state index is 5.51. The molecule has 2 nitrogen and oxygen atoms in total. The number of rotatable bonds is 3. The molecule has 1 aliphatic rings. The SMILES string of the molecule is CCOc1ccc(C2(C)CNCC(C)(C)C2)cc1. The van der Waals surface area contributed by atoms with Crippen LogP contribution in [0.25, 0.3) is 0 Å². The zero-order chi connectivity index (χ0) is 13.2. The Labute approximate surface area is 111 Å². The molecule has 0 spiro atoms. The lowest BCUT2D eigenvalue weighted by Gasteiger charge is -2.43. The molecular formula is C16H25NO. The third kappa shape index (κ3) is 2.86. The Kier molecular flexibility index (Phi) is 3.67. The third-order valence-electron chi connectivity index (χ3n) is 3.85. The molecule has 0 aliphatic carbocycles. The fraction of sp³-hybridized carbons (Fsp3) is 0.625. The van der Waals surface area contributed by atoms with Crippen LogP contribution < -0.4 is 10.1 Å². The van der Waals surface area contributed by atoms with Gasteiger partial charge in [0.2, 0.25) is 0 Å². The van der Waals surface area contributed by atoms with E-state index >= 15 is 0 Å². The lowest BCUT2D eigenvalue weighted by atomic mass is 9.67. The van der Waals surface area contributed by atoms with Crippen LogP contribution in [-0.2, 0) is 5.41 Å². The van der Waals surface area contributed by atoms with Gasteiger partial charge in [-0.05, 0) is 36.5 Å². The molecule has 1 unspecified atom stereocenters. The first kappa shape index (κ1) is 13.4. The maximum absolute atomic E-state index is 5.51. The fourth-order valence-corrected chi connectivity index (χ4v) is 3.18. The van der Waals surface area contributed by atoms with Crippen LogP contribution in [0.1, 0.15) is 39.7 Å². The van der Waals surface area contributed by atoms with E-state index in [1.54, 1.807) is 0 Å². The first-order chi connectivity index (χ1) is 8.45. The predicted octanol–water partition coefficient (Wildman–Crippen LogP) is 3.36. The van der Waals surface area contributed by atoms with Crippen LogP contribution in [0.4, 0.5) is 0 Å². The second-order valence-corrected chi connectivity index (χ2v) is 6.46. The van der Waals surface area contributed by atoms with E-state index in [4.69, 9.17) is 4.74 Å². The van der Waals surface area contributed by atoms with Crippen molar-refractivity contribution in [3.8, 4) is 5.75 Å². The normalized spacial score (nSPS) is 26.9. The van der Waals surface area contributed by atoms with Crippen LogP contribution in [0.15, 0.2) is 24.3 Å². The maximum Gasteiger partial charge on any atom is 0.119 e. The first-order valence-corrected chi connectivity index (χ1v) is 6.89. The molecule has 2 heteroatoms. The van der Waals surface area contributed by atoms with Crippen LogP contribution in [0, 0.1) is 5.41 Å². The first-order valence-electron chi connectivity index (χ1n) is 6.89. The molecule has 100 valence electrons. The van der Waals surface area contributed by atoms with Crippen molar-refractivity contribution in [1.82, 2.24) is 5.32 Å². The molecule has 0 bridgehead atoms. The minimum absolute atomic E-state index is 0.229. The summed E-state index contributed by atoms with van der Waals surface area (Å²) in [6, 6.07) is 8.61. The van der Waals surface area contributed by atoms with Crippen molar-refractivity contribution >= 4 is 0 Å². The fourth-order valence-electron chi connectivity index (χ4n) is 3.18. The molecule has 0 aromatic heterocycles. The summed E-state index contributed by atoms with van der Waals surface area (Å²) < 4.78 is 5.51. The molecule has 2 rings (SSSR count). The number of ether oxygens (including phenoxy) is 1. The van der Waals surface area contributed by atoms with Crippen LogP contribution in [0.5, 0.6) is 5.75 Å². The van der Waals surface area contributed by atoms with E-state index in [-0.39, 0.29) is 5.41 Å². The molecule has 18 heavy (non-hydrogen) atoms. The number of hydrogen-bond donors (Lipinski definition) is 1. The smallest absolute Gasteiger partial charge is 0.119 e. The van der Waals surface area contributed by atoms with Gasteiger partial charge in [0.05, 0.1) is 6.61 Å². The van der Waals surface area contributed by atoms with Crippen molar-refractivity contribution in [1.29, 1.82) is 0 Å². The molecule has 1 aliphatic heterocycles. The summed E-state index contributed by atoms with van der Waals surface area (Å²) in [6.45, 7) is 12.0. The Hall–Kier alpha value is -1.02. The summed E-state index contributed by atoms with van der Waals surface area (Å²) in [7, 11) is 0. The van der Waals surface area contributed by atoms with Crippen molar-refractivity contribution < 1.29 is 4.74 Å². The molecule has 1 N–H and O–H groups in total. The van der Waals surface area contributed by atoms with Crippen LogP contribution in [0.2, 0.25) is 0 Å². The van der Waals surface area contributed by atoms with Crippen molar-refractivity contribution in [2.24, 2.45) is 5.41 Å². The number of nitrogens with one attached hydrogen (secondary N) is 1. The highest BCUT2D eigenvalue weighted by Crippen LogP contribution is 2.39. The lowest BCUT2D eigenvalue weighted by molar-refractivity contribution is 0.179. The summed E-state index contributed by atoms with van der Waals surface area (Å²) in [4.78, 5) is 0. The van der Waals surface area contributed by atoms with Crippen LogP contribution in [-0.4, -0.2) is 19.7 Å². The van der Waals surface area contributed by atoms with Gasteiger partial charge in [0.15, 0.2) is 0 Å². The number of benzene rings is 1. The lowest BCUT2D eigenvalue weighted by Crippen LogP contribution is -2.49. The minimum Gasteiger partial charge on any atom is -0.494 e. The van der Waals surface area contributed by atoms with E-state index in [2.05, 4.69) is 50.4 Å². The van der Waals surface area contributed by atoms with E-state index in [1.807, 2.05) is 6.92 Å². The highest BCUT2D eigenvalue weighted by atomic mass is 16.5. The van der Waals surface area contributed by atoms with E-state index in [0.29, 0.717) is 5.41 Å². The molecule has 0 radical (unpaired) electrons. The zero-order valence-corrected chi connectivity index (χ0v) is 12.0. The summed E-state index contributed by atoms with van der Waals surface area (Å²) in [5.41, 5.74) is 2.00. The average molecular weight is 247 g/mol. The largest absolute Gasteiger partial charge is 0.494 e. The van der Waals surface area contributed by atoms with Gasteiger partial charge >= 0.3 is 0 Å². The van der Waals surface area contributed by atoms with E-state index in [0.717, 1.165) is 25.4 Å². The Balaban J connectivity index is 2.19. The third-order valence-corrected chi connectivity index (χ3v) is 3.85. The van der Waals surface area contributed by atoms with Crippen LogP contribution in [0.3, 0.4) is 0 Å². The molecular weight excluding hydrogens is 222 g/mol. The molecule has 1 atom stereocenters. The van der Waals surface area contributed by atoms with Gasteiger partial charge in [0.25, 0.3) is 0 Å². The highest BCUT2D eigenvalue weighted by molar-refractivity contribution is 5.33. The number of piperidine rings is 1. The Morgan fingerprint density at radius 3 is 2.33 bits per heavy atom. The molecule has 1 aromatic carbocycles. The molecule has 0 amide bonds. The molecule has 1 fully saturated rings. The van der Waals surface area contributed by atoms with Gasteiger partial charge in [-0.3, -0.25) is 0 Å². The van der Waals surface area contributed by atoms with Gasteiger partial charge in [0, 0.05) is 18.5 Å². The van der Waals surface area contributed by atoms with E-state index in [9.17, 15) is 0 Å². The van der Waals surface area contributed by atoms with Gasteiger partial charge in [-0.2, -0.15) is 0 Å². The molecule has 1 saturated heterocycles. The molecule has 1 heterocycles. The van der Waals surface area contributed by atoms with Crippen molar-refractivity contribution in [2.45, 2.75) is 39.5 Å². The number of hydrogen-bond acceptors (Lipinski definition) is 2. The van der Waals surface area contributed by atoms with E-state index in [1.165, 1.54) is 12.0 Å². The summed E-state index contributed by atoms with van der Waals surface area (Å²) in [6.07, 6.45) is 1.22.